The highest BCUT2D eigenvalue weighted by Crippen LogP contribution is 2.25. The molecule has 2 saturated heterocycles. The molecule has 0 spiro atoms. The van der Waals surface area contributed by atoms with Crippen LogP contribution in [0.15, 0.2) is 10.7 Å². The van der Waals surface area contributed by atoms with E-state index in [2.05, 4.69) is 43.7 Å². The number of anilines is 1. The number of piperazine rings is 1. The van der Waals surface area contributed by atoms with E-state index in [0.717, 1.165) is 48.2 Å². The van der Waals surface area contributed by atoms with E-state index in [4.69, 9.17) is 4.98 Å². The van der Waals surface area contributed by atoms with Gasteiger partial charge in [-0.1, -0.05) is 13.3 Å². The first kappa shape index (κ1) is 14.3. The summed E-state index contributed by atoms with van der Waals surface area (Å²) < 4.78 is 0.914. The molecule has 4 nitrogen and oxygen atoms in total. The average molecular weight is 339 g/mol. The first-order chi connectivity index (χ1) is 9.76. The van der Waals surface area contributed by atoms with Gasteiger partial charge >= 0.3 is 0 Å². The minimum Gasteiger partial charge on any atom is -0.354 e. The molecule has 2 aliphatic heterocycles. The van der Waals surface area contributed by atoms with Crippen LogP contribution in [-0.2, 0) is 6.42 Å². The molecule has 2 fully saturated rings. The fourth-order valence-electron chi connectivity index (χ4n) is 3.31. The van der Waals surface area contributed by atoms with Crippen molar-refractivity contribution >= 4 is 21.7 Å². The summed E-state index contributed by atoms with van der Waals surface area (Å²) in [6, 6.07) is 2.79. The molecule has 2 aliphatic rings. The minimum atomic E-state index is 0.723. The van der Waals surface area contributed by atoms with Crippen molar-refractivity contribution in [2.45, 2.75) is 45.1 Å². The van der Waals surface area contributed by atoms with E-state index in [1.54, 1.807) is 0 Å². The number of halogens is 1. The third kappa shape index (κ3) is 3.14. The molecule has 20 heavy (non-hydrogen) atoms. The summed E-state index contributed by atoms with van der Waals surface area (Å²) in [7, 11) is 0. The lowest BCUT2D eigenvalue weighted by molar-refractivity contribution is 0.133. The first-order valence-corrected chi connectivity index (χ1v) is 8.58. The summed E-state index contributed by atoms with van der Waals surface area (Å²) in [5.41, 5.74) is 0. The standard InChI is InChI=1S/C15H23BrN4/c1-2-5-14-17-13(16)10-15(18-14)20-9-8-19-7-4-3-6-12(19)11-20/h10,12H,2-9,11H2,1H3. The van der Waals surface area contributed by atoms with Crippen molar-refractivity contribution in [1.29, 1.82) is 0 Å². The zero-order valence-electron chi connectivity index (χ0n) is 12.2. The van der Waals surface area contributed by atoms with Crippen LogP contribution in [0.25, 0.3) is 0 Å². The van der Waals surface area contributed by atoms with Gasteiger partial charge in [0.25, 0.3) is 0 Å². The summed E-state index contributed by atoms with van der Waals surface area (Å²) >= 11 is 3.53. The van der Waals surface area contributed by atoms with E-state index in [9.17, 15) is 0 Å². The Morgan fingerprint density at radius 3 is 3.00 bits per heavy atom. The molecule has 0 aromatic carbocycles. The fourth-order valence-corrected chi connectivity index (χ4v) is 3.72. The maximum absolute atomic E-state index is 4.75. The molecule has 110 valence electrons. The van der Waals surface area contributed by atoms with Gasteiger partial charge in [0.1, 0.15) is 16.2 Å². The summed E-state index contributed by atoms with van der Waals surface area (Å²) in [6.45, 7) is 6.84. The fraction of sp³-hybridized carbons (Fsp3) is 0.733. The Balaban J connectivity index is 1.75. The van der Waals surface area contributed by atoms with Gasteiger partial charge in [0.05, 0.1) is 0 Å². The second-order valence-corrected chi connectivity index (χ2v) is 6.66. The smallest absolute Gasteiger partial charge is 0.133 e. The van der Waals surface area contributed by atoms with Crippen molar-refractivity contribution < 1.29 is 0 Å². The van der Waals surface area contributed by atoms with E-state index in [1.165, 1.54) is 32.4 Å². The number of aromatic nitrogens is 2. The molecule has 5 heteroatoms. The van der Waals surface area contributed by atoms with Gasteiger partial charge in [0, 0.05) is 38.2 Å². The van der Waals surface area contributed by atoms with E-state index in [0.29, 0.717) is 0 Å². The van der Waals surface area contributed by atoms with Crippen LogP contribution in [-0.4, -0.2) is 47.1 Å². The minimum absolute atomic E-state index is 0.723. The van der Waals surface area contributed by atoms with Crippen LogP contribution in [0.2, 0.25) is 0 Å². The third-order valence-electron chi connectivity index (χ3n) is 4.36. The van der Waals surface area contributed by atoms with Gasteiger partial charge in [-0.05, 0) is 41.7 Å². The topological polar surface area (TPSA) is 32.3 Å². The number of nitrogens with zero attached hydrogens (tertiary/aromatic N) is 4. The SMILES string of the molecule is CCCc1nc(Br)cc(N2CCN3CCCCC3C2)n1. The highest BCUT2D eigenvalue weighted by molar-refractivity contribution is 9.10. The summed E-state index contributed by atoms with van der Waals surface area (Å²) in [4.78, 5) is 14.3. The van der Waals surface area contributed by atoms with E-state index >= 15 is 0 Å². The molecule has 0 bridgehead atoms. The van der Waals surface area contributed by atoms with Crippen molar-refractivity contribution in [3.63, 3.8) is 0 Å². The van der Waals surface area contributed by atoms with Crippen molar-refractivity contribution in [1.82, 2.24) is 14.9 Å². The average Bonchev–Trinajstić information content (AvgIpc) is 2.46. The third-order valence-corrected chi connectivity index (χ3v) is 4.77. The molecule has 0 N–H and O–H groups in total. The molecule has 1 atom stereocenters. The number of piperidine rings is 1. The van der Waals surface area contributed by atoms with Crippen LogP contribution < -0.4 is 4.90 Å². The van der Waals surface area contributed by atoms with Crippen LogP contribution in [0, 0.1) is 0 Å². The van der Waals surface area contributed by atoms with Crippen LogP contribution in [0.1, 0.15) is 38.4 Å². The van der Waals surface area contributed by atoms with Crippen LogP contribution in [0.4, 0.5) is 5.82 Å². The molecular formula is C15H23BrN4. The number of rotatable bonds is 3. The van der Waals surface area contributed by atoms with Crippen molar-refractivity contribution in [2.75, 3.05) is 31.1 Å². The number of hydrogen-bond acceptors (Lipinski definition) is 4. The molecular weight excluding hydrogens is 316 g/mol. The zero-order valence-corrected chi connectivity index (χ0v) is 13.8. The second-order valence-electron chi connectivity index (χ2n) is 5.85. The lowest BCUT2D eigenvalue weighted by atomic mass is 9.99. The normalized spacial score (nSPS) is 23.7. The van der Waals surface area contributed by atoms with E-state index < -0.39 is 0 Å². The molecule has 0 saturated carbocycles. The lowest BCUT2D eigenvalue weighted by Crippen LogP contribution is -2.55. The maximum atomic E-state index is 4.75. The van der Waals surface area contributed by atoms with Crippen molar-refractivity contribution in [3.05, 3.63) is 16.5 Å². The molecule has 1 unspecified atom stereocenters. The highest BCUT2D eigenvalue weighted by atomic mass is 79.9. The Hall–Kier alpha value is -0.680. The maximum Gasteiger partial charge on any atom is 0.133 e. The summed E-state index contributed by atoms with van der Waals surface area (Å²) in [6.07, 6.45) is 6.13. The quantitative estimate of drug-likeness (QED) is 0.793. The summed E-state index contributed by atoms with van der Waals surface area (Å²) in [5.74, 6) is 2.06. The van der Waals surface area contributed by atoms with Gasteiger partial charge in [-0.25, -0.2) is 9.97 Å². The molecule has 0 aliphatic carbocycles. The Morgan fingerprint density at radius 1 is 1.25 bits per heavy atom. The monoisotopic (exact) mass is 338 g/mol. The molecule has 1 aromatic heterocycles. The lowest BCUT2D eigenvalue weighted by Gasteiger charge is -2.44. The first-order valence-electron chi connectivity index (χ1n) is 7.78. The van der Waals surface area contributed by atoms with Gasteiger partial charge in [0.2, 0.25) is 0 Å². The zero-order chi connectivity index (χ0) is 13.9. The second kappa shape index (κ2) is 6.39. The largest absolute Gasteiger partial charge is 0.354 e. The van der Waals surface area contributed by atoms with Crippen LogP contribution in [0.3, 0.4) is 0 Å². The van der Waals surface area contributed by atoms with Crippen LogP contribution in [0.5, 0.6) is 0 Å². The summed E-state index contributed by atoms with van der Waals surface area (Å²) in [5, 5.41) is 0. The molecule has 3 heterocycles. The Labute approximate surface area is 129 Å². The van der Waals surface area contributed by atoms with Crippen molar-refractivity contribution in [3.8, 4) is 0 Å². The predicted octanol–water partition coefficient (Wildman–Crippen LogP) is 2.87. The highest BCUT2D eigenvalue weighted by Gasteiger charge is 2.29. The number of hydrogen-bond donors (Lipinski definition) is 0. The molecule has 3 rings (SSSR count). The van der Waals surface area contributed by atoms with E-state index in [1.807, 2.05) is 0 Å². The van der Waals surface area contributed by atoms with Crippen LogP contribution >= 0.6 is 15.9 Å². The van der Waals surface area contributed by atoms with Gasteiger partial charge in [0.15, 0.2) is 0 Å². The van der Waals surface area contributed by atoms with Gasteiger partial charge in [-0.15, -0.1) is 0 Å². The Kier molecular flexibility index (Phi) is 4.56. The van der Waals surface area contributed by atoms with Gasteiger partial charge < -0.3 is 4.90 Å². The Morgan fingerprint density at radius 2 is 2.15 bits per heavy atom. The molecule has 1 aromatic rings. The number of aryl methyl sites for hydroxylation is 1. The number of fused-ring (bicyclic) bond motifs is 1. The molecule has 0 radical (unpaired) electrons. The Bertz CT molecular complexity index is 465. The van der Waals surface area contributed by atoms with Gasteiger partial charge in [-0.2, -0.15) is 0 Å². The van der Waals surface area contributed by atoms with E-state index in [-0.39, 0.29) is 0 Å². The molecule has 0 amide bonds. The predicted molar refractivity (Wildman–Crippen MR) is 85.2 cm³/mol. The van der Waals surface area contributed by atoms with Crippen molar-refractivity contribution in [2.24, 2.45) is 0 Å². The van der Waals surface area contributed by atoms with Gasteiger partial charge in [-0.3, -0.25) is 4.90 Å².